The number of piperazine rings is 1. The van der Waals surface area contributed by atoms with Gasteiger partial charge in [-0.15, -0.1) is 0 Å². The molecule has 1 aliphatic rings. The van der Waals surface area contributed by atoms with Crippen molar-refractivity contribution in [3.63, 3.8) is 0 Å². The molecule has 2 rings (SSSR count). The molecule has 1 N–H and O–H groups in total. The van der Waals surface area contributed by atoms with Gasteiger partial charge in [0.05, 0.1) is 0 Å². The average molecular weight is 382 g/mol. The maximum atomic E-state index is 12.3. The van der Waals surface area contributed by atoms with Crippen LogP contribution in [0, 0.1) is 5.92 Å². The Bertz CT molecular complexity index is 495. The summed E-state index contributed by atoms with van der Waals surface area (Å²) >= 11 is 3.40. The molecular formula is C18H28BrN3O. The number of halogens is 1. The second kappa shape index (κ2) is 8.81. The van der Waals surface area contributed by atoms with Crippen LogP contribution in [0.5, 0.6) is 0 Å². The van der Waals surface area contributed by atoms with E-state index >= 15 is 0 Å². The second-order valence-electron chi connectivity index (χ2n) is 6.84. The number of hydrogen-bond acceptors (Lipinski definition) is 3. The molecule has 1 aromatic rings. The molecule has 1 saturated heterocycles. The van der Waals surface area contributed by atoms with Crippen LogP contribution in [0.3, 0.4) is 0 Å². The number of nitrogens with one attached hydrogen (secondary N) is 1. The molecule has 4 nitrogen and oxygen atoms in total. The second-order valence-corrected chi connectivity index (χ2v) is 7.76. The Balaban J connectivity index is 1.92. The zero-order chi connectivity index (χ0) is 16.8. The van der Waals surface area contributed by atoms with E-state index < -0.39 is 0 Å². The third-order valence-electron chi connectivity index (χ3n) is 4.40. The smallest absolute Gasteiger partial charge is 0.251 e. The molecule has 1 fully saturated rings. The summed E-state index contributed by atoms with van der Waals surface area (Å²) in [5.74, 6) is 0.643. The number of carbonyl (C=O) groups is 1. The van der Waals surface area contributed by atoms with Crippen molar-refractivity contribution in [1.82, 2.24) is 15.1 Å². The van der Waals surface area contributed by atoms with Crippen LogP contribution in [-0.2, 0) is 0 Å². The van der Waals surface area contributed by atoms with Crippen LogP contribution >= 0.6 is 15.9 Å². The van der Waals surface area contributed by atoms with Crippen molar-refractivity contribution in [2.24, 2.45) is 5.92 Å². The van der Waals surface area contributed by atoms with E-state index in [0.29, 0.717) is 12.0 Å². The molecule has 1 unspecified atom stereocenters. The average Bonchev–Trinajstić information content (AvgIpc) is 2.52. The third kappa shape index (κ3) is 5.90. The summed E-state index contributed by atoms with van der Waals surface area (Å²) in [4.78, 5) is 17.2. The van der Waals surface area contributed by atoms with Crippen LogP contribution in [0.15, 0.2) is 28.7 Å². The Labute approximate surface area is 148 Å². The van der Waals surface area contributed by atoms with Gasteiger partial charge >= 0.3 is 0 Å². The Morgan fingerprint density at radius 3 is 2.35 bits per heavy atom. The summed E-state index contributed by atoms with van der Waals surface area (Å²) < 4.78 is 0.990. The van der Waals surface area contributed by atoms with Crippen molar-refractivity contribution in [2.75, 3.05) is 39.8 Å². The van der Waals surface area contributed by atoms with Gasteiger partial charge in [0.25, 0.3) is 5.91 Å². The Hall–Kier alpha value is -0.910. The molecule has 0 aliphatic carbocycles. The first-order valence-corrected chi connectivity index (χ1v) is 9.21. The molecule has 0 radical (unpaired) electrons. The van der Waals surface area contributed by atoms with Crippen LogP contribution < -0.4 is 5.32 Å². The van der Waals surface area contributed by atoms with E-state index in [0.717, 1.165) is 49.2 Å². The van der Waals surface area contributed by atoms with Crippen molar-refractivity contribution in [2.45, 2.75) is 26.3 Å². The van der Waals surface area contributed by atoms with Gasteiger partial charge in [0.15, 0.2) is 0 Å². The normalized spacial score (nSPS) is 18.1. The maximum absolute atomic E-state index is 12.3. The Morgan fingerprint density at radius 2 is 1.78 bits per heavy atom. The lowest BCUT2D eigenvalue weighted by Crippen LogP contribution is -2.52. The molecule has 1 atom stereocenters. The molecule has 128 valence electrons. The lowest BCUT2D eigenvalue weighted by atomic mass is 10.0. The van der Waals surface area contributed by atoms with Crippen LogP contribution in [0.4, 0.5) is 0 Å². The van der Waals surface area contributed by atoms with E-state index in [4.69, 9.17) is 0 Å². The lowest BCUT2D eigenvalue weighted by Gasteiger charge is -2.38. The van der Waals surface area contributed by atoms with Gasteiger partial charge < -0.3 is 10.2 Å². The van der Waals surface area contributed by atoms with E-state index in [-0.39, 0.29) is 5.91 Å². The van der Waals surface area contributed by atoms with Crippen LogP contribution in [0.2, 0.25) is 0 Å². The minimum absolute atomic E-state index is 0.0142. The lowest BCUT2D eigenvalue weighted by molar-refractivity contribution is 0.0850. The monoisotopic (exact) mass is 381 g/mol. The van der Waals surface area contributed by atoms with Gasteiger partial charge in [-0.3, -0.25) is 9.69 Å². The molecule has 0 bridgehead atoms. The van der Waals surface area contributed by atoms with E-state index in [1.165, 1.54) is 0 Å². The predicted molar refractivity (Wildman–Crippen MR) is 98.8 cm³/mol. The molecule has 0 spiro atoms. The number of benzene rings is 1. The number of likely N-dealkylation sites (N-methyl/N-ethyl adjacent to an activating group) is 1. The van der Waals surface area contributed by atoms with Gasteiger partial charge in [-0.2, -0.15) is 0 Å². The van der Waals surface area contributed by atoms with Crippen molar-refractivity contribution in [1.29, 1.82) is 0 Å². The predicted octanol–water partition coefficient (Wildman–Crippen LogP) is 2.84. The molecule has 0 saturated carbocycles. The van der Waals surface area contributed by atoms with E-state index in [1.807, 2.05) is 24.3 Å². The summed E-state index contributed by atoms with van der Waals surface area (Å²) in [7, 11) is 2.17. The quantitative estimate of drug-likeness (QED) is 0.822. The largest absolute Gasteiger partial charge is 0.350 e. The van der Waals surface area contributed by atoms with Crippen molar-refractivity contribution < 1.29 is 4.79 Å². The van der Waals surface area contributed by atoms with E-state index in [9.17, 15) is 4.79 Å². The summed E-state index contributed by atoms with van der Waals surface area (Å²) in [5.41, 5.74) is 0.717. The fourth-order valence-corrected chi connectivity index (χ4v) is 3.27. The zero-order valence-electron chi connectivity index (χ0n) is 14.4. The molecular weight excluding hydrogens is 354 g/mol. The van der Waals surface area contributed by atoms with Crippen molar-refractivity contribution >= 4 is 21.8 Å². The molecule has 1 amide bonds. The highest BCUT2D eigenvalue weighted by molar-refractivity contribution is 9.10. The van der Waals surface area contributed by atoms with Crippen LogP contribution in [-0.4, -0.2) is 61.5 Å². The summed E-state index contributed by atoms with van der Waals surface area (Å²) in [6.07, 6.45) is 1.12. The number of hydrogen-bond donors (Lipinski definition) is 1. The summed E-state index contributed by atoms with van der Waals surface area (Å²) in [6, 6.07) is 7.93. The number of carbonyl (C=O) groups excluding carboxylic acids is 1. The fourth-order valence-electron chi connectivity index (χ4n) is 3.01. The van der Waals surface area contributed by atoms with Gasteiger partial charge in [-0.1, -0.05) is 29.8 Å². The first-order valence-electron chi connectivity index (χ1n) is 8.42. The summed E-state index contributed by atoms with van der Waals surface area (Å²) in [5, 5.41) is 3.12. The minimum Gasteiger partial charge on any atom is -0.350 e. The molecule has 0 aromatic heterocycles. The standard InChI is InChI=1S/C18H28BrN3O/c1-14(2)12-17(22-10-8-21(3)9-11-22)13-20-18(23)15-4-6-16(19)7-5-15/h4-7,14,17H,8-13H2,1-3H3,(H,20,23). The fraction of sp³-hybridized carbons (Fsp3) is 0.611. The zero-order valence-corrected chi connectivity index (χ0v) is 16.0. The van der Waals surface area contributed by atoms with Crippen LogP contribution in [0.1, 0.15) is 30.6 Å². The highest BCUT2D eigenvalue weighted by Crippen LogP contribution is 2.14. The molecule has 5 heteroatoms. The Morgan fingerprint density at radius 1 is 1.17 bits per heavy atom. The van der Waals surface area contributed by atoms with Gasteiger partial charge in [-0.05, 0) is 43.7 Å². The SMILES string of the molecule is CC(C)CC(CNC(=O)c1ccc(Br)cc1)N1CCN(C)CC1. The maximum Gasteiger partial charge on any atom is 0.251 e. The van der Waals surface area contributed by atoms with E-state index in [2.05, 4.69) is 51.9 Å². The number of amides is 1. The number of nitrogens with zero attached hydrogens (tertiary/aromatic N) is 2. The molecule has 1 heterocycles. The van der Waals surface area contributed by atoms with Gasteiger partial charge in [0.2, 0.25) is 0 Å². The van der Waals surface area contributed by atoms with E-state index in [1.54, 1.807) is 0 Å². The summed E-state index contributed by atoms with van der Waals surface area (Å²) in [6.45, 7) is 9.60. The first-order chi connectivity index (χ1) is 11.0. The van der Waals surface area contributed by atoms with Crippen LogP contribution in [0.25, 0.3) is 0 Å². The Kier molecular flexibility index (Phi) is 7.06. The highest BCUT2D eigenvalue weighted by Gasteiger charge is 2.23. The molecule has 1 aromatic carbocycles. The molecule has 23 heavy (non-hydrogen) atoms. The van der Waals surface area contributed by atoms with Gasteiger partial charge in [0, 0.05) is 48.8 Å². The van der Waals surface area contributed by atoms with Crippen molar-refractivity contribution in [3.8, 4) is 0 Å². The number of rotatable bonds is 6. The van der Waals surface area contributed by atoms with Crippen molar-refractivity contribution in [3.05, 3.63) is 34.3 Å². The minimum atomic E-state index is 0.0142. The first kappa shape index (κ1) is 18.4. The third-order valence-corrected chi connectivity index (χ3v) is 4.93. The molecule has 1 aliphatic heterocycles. The van der Waals surface area contributed by atoms with Gasteiger partial charge in [-0.25, -0.2) is 0 Å². The highest BCUT2D eigenvalue weighted by atomic mass is 79.9. The van der Waals surface area contributed by atoms with Gasteiger partial charge in [0.1, 0.15) is 0 Å². The topological polar surface area (TPSA) is 35.6 Å².